The SMILES string of the molecule is CSC(C)(C)[S]. The lowest BCUT2D eigenvalue weighted by Crippen LogP contribution is -2.00. The molecule has 37 valence electrons. The van der Waals surface area contributed by atoms with E-state index < -0.39 is 0 Å². The van der Waals surface area contributed by atoms with Gasteiger partial charge < -0.3 is 0 Å². The van der Waals surface area contributed by atoms with Crippen LogP contribution in [0.2, 0.25) is 0 Å². The summed E-state index contributed by atoms with van der Waals surface area (Å²) in [5.74, 6) is 0. The minimum absolute atomic E-state index is 0.0417. The molecule has 0 aliphatic heterocycles. The molecule has 1 radical (unpaired) electrons. The van der Waals surface area contributed by atoms with Gasteiger partial charge in [-0.15, -0.1) is 11.8 Å². The molecule has 0 fully saturated rings. The van der Waals surface area contributed by atoms with Crippen molar-refractivity contribution in [2.75, 3.05) is 6.26 Å². The van der Waals surface area contributed by atoms with Crippen molar-refractivity contribution < 1.29 is 0 Å². The molecule has 0 amide bonds. The Labute approximate surface area is 49.1 Å². The lowest BCUT2D eigenvalue weighted by Gasteiger charge is -2.09. The van der Waals surface area contributed by atoms with Crippen molar-refractivity contribution in [2.24, 2.45) is 0 Å². The van der Waals surface area contributed by atoms with Gasteiger partial charge in [-0.1, -0.05) is 12.6 Å². The van der Waals surface area contributed by atoms with Crippen LogP contribution in [-0.4, -0.2) is 10.3 Å². The van der Waals surface area contributed by atoms with Crippen molar-refractivity contribution in [3.8, 4) is 0 Å². The van der Waals surface area contributed by atoms with Gasteiger partial charge in [0, 0.05) is 0 Å². The molecule has 0 rings (SSSR count). The van der Waals surface area contributed by atoms with Gasteiger partial charge in [0.1, 0.15) is 0 Å². The van der Waals surface area contributed by atoms with Gasteiger partial charge in [0.25, 0.3) is 0 Å². The Kier molecular flexibility index (Phi) is 2.37. The summed E-state index contributed by atoms with van der Waals surface area (Å²) in [6.07, 6.45) is 2.02. The van der Waals surface area contributed by atoms with Gasteiger partial charge >= 0.3 is 0 Å². The number of hydrogen-bond donors (Lipinski definition) is 0. The quantitative estimate of drug-likeness (QED) is 0.513. The van der Waals surface area contributed by atoms with Crippen molar-refractivity contribution in [1.82, 2.24) is 0 Å². The topological polar surface area (TPSA) is 0 Å². The van der Waals surface area contributed by atoms with Gasteiger partial charge in [-0.05, 0) is 20.1 Å². The van der Waals surface area contributed by atoms with Crippen molar-refractivity contribution >= 4 is 24.4 Å². The second-order valence-corrected chi connectivity index (χ2v) is 4.31. The summed E-state index contributed by atoms with van der Waals surface area (Å²) < 4.78 is 0.0417. The van der Waals surface area contributed by atoms with Crippen LogP contribution in [0.1, 0.15) is 13.8 Å². The Morgan fingerprint density at radius 1 is 1.50 bits per heavy atom. The van der Waals surface area contributed by atoms with Crippen LogP contribution in [-0.2, 0) is 0 Å². The Hall–Kier alpha value is 0.700. The molecule has 2 heteroatoms. The first-order valence-electron chi connectivity index (χ1n) is 1.82. The molecule has 0 atom stereocenters. The Balaban J connectivity index is 3.17. The maximum absolute atomic E-state index is 4.95. The van der Waals surface area contributed by atoms with Crippen LogP contribution in [0.4, 0.5) is 0 Å². The normalized spacial score (nSPS) is 12.0. The Bertz CT molecular complexity index is 35.3. The van der Waals surface area contributed by atoms with Gasteiger partial charge in [0.15, 0.2) is 0 Å². The lowest BCUT2D eigenvalue weighted by atomic mass is 10.5. The van der Waals surface area contributed by atoms with Crippen molar-refractivity contribution in [3.05, 3.63) is 0 Å². The highest BCUT2D eigenvalue weighted by Gasteiger charge is 2.06. The van der Waals surface area contributed by atoms with Crippen molar-refractivity contribution in [1.29, 1.82) is 0 Å². The molecule has 0 aromatic rings. The maximum Gasteiger partial charge on any atom is 0.0656 e. The van der Waals surface area contributed by atoms with Gasteiger partial charge in [-0.3, -0.25) is 0 Å². The van der Waals surface area contributed by atoms with Crippen LogP contribution < -0.4 is 0 Å². The molecule has 0 aromatic heterocycles. The van der Waals surface area contributed by atoms with E-state index in [0.29, 0.717) is 0 Å². The van der Waals surface area contributed by atoms with E-state index in [1.54, 1.807) is 11.8 Å². The fraction of sp³-hybridized carbons (Fsp3) is 1.00. The molecule has 0 saturated carbocycles. The van der Waals surface area contributed by atoms with Crippen LogP contribution >= 0.6 is 24.4 Å². The standard InChI is InChI=1S/C4H9S2/c1-4(2,5)6-3/h1-3H3. The highest BCUT2D eigenvalue weighted by atomic mass is 32.2. The summed E-state index contributed by atoms with van der Waals surface area (Å²) in [6.45, 7) is 4.04. The fourth-order valence-corrected chi connectivity index (χ4v) is 0. The van der Waals surface area contributed by atoms with Crippen molar-refractivity contribution in [3.63, 3.8) is 0 Å². The van der Waals surface area contributed by atoms with E-state index in [1.807, 2.05) is 20.1 Å². The molecular weight excluding hydrogens is 112 g/mol. The molecule has 0 nitrogen and oxygen atoms in total. The molecule has 0 spiro atoms. The minimum Gasteiger partial charge on any atom is -0.147 e. The second-order valence-electron chi connectivity index (χ2n) is 1.60. The summed E-state index contributed by atoms with van der Waals surface area (Å²) in [7, 11) is 0. The zero-order chi connectivity index (χ0) is 5.21. The second kappa shape index (κ2) is 2.12. The molecule has 0 aliphatic rings. The van der Waals surface area contributed by atoms with E-state index in [0.717, 1.165) is 0 Å². The van der Waals surface area contributed by atoms with E-state index in [1.165, 1.54) is 0 Å². The fourth-order valence-electron chi connectivity index (χ4n) is 0. The van der Waals surface area contributed by atoms with Crippen LogP contribution in [0.5, 0.6) is 0 Å². The third kappa shape index (κ3) is 4.70. The average Bonchev–Trinajstić information content (AvgIpc) is 1.35. The van der Waals surface area contributed by atoms with E-state index >= 15 is 0 Å². The van der Waals surface area contributed by atoms with Crippen LogP contribution in [0.25, 0.3) is 0 Å². The first kappa shape index (κ1) is 6.70. The summed E-state index contributed by atoms with van der Waals surface area (Å²) >= 11 is 6.65. The summed E-state index contributed by atoms with van der Waals surface area (Å²) in [5.41, 5.74) is 0. The number of hydrogen-bond acceptors (Lipinski definition) is 1. The molecule has 0 aromatic carbocycles. The van der Waals surface area contributed by atoms with Gasteiger partial charge in [-0.25, -0.2) is 0 Å². The van der Waals surface area contributed by atoms with E-state index in [-0.39, 0.29) is 4.08 Å². The Morgan fingerprint density at radius 2 is 1.67 bits per heavy atom. The molecule has 0 aliphatic carbocycles. The summed E-state index contributed by atoms with van der Waals surface area (Å²) in [6, 6.07) is 0. The third-order valence-electron chi connectivity index (χ3n) is 0.492. The van der Waals surface area contributed by atoms with Crippen molar-refractivity contribution in [2.45, 2.75) is 17.9 Å². The molecule has 0 N–H and O–H groups in total. The predicted octanol–water partition coefficient (Wildman–Crippen LogP) is 2.28. The van der Waals surface area contributed by atoms with Crippen LogP contribution in [0.15, 0.2) is 0 Å². The predicted molar refractivity (Wildman–Crippen MR) is 35.2 cm³/mol. The third-order valence-corrected chi connectivity index (χ3v) is 1.97. The summed E-state index contributed by atoms with van der Waals surface area (Å²) in [4.78, 5) is 0. The number of rotatable bonds is 1. The molecule has 0 saturated heterocycles. The Morgan fingerprint density at radius 3 is 1.67 bits per heavy atom. The van der Waals surface area contributed by atoms with Crippen LogP contribution in [0, 0.1) is 0 Å². The highest BCUT2D eigenvalue weighted by molar-refractivity contribution is 8.11. The lowest BCUT2D eigenvalue weighted by molar-refractivity contribution is 1.04. The van der Waals surface area contributed by atoms with Crippen LogP contribution in [0.3, 0.4) is 0 Å². The maximum atomic E-state index is 4.95. The first-order chi connectivity index (χ1) is 2.56. The smallest absolute Gasteiger partial charge is 0.0656 e. The molecule has 0 unspecified atom stereocenters. The molecular formula is C4H9S2. The highest BCUT2D eigenvalue weighted by Crippen LogP contribution is 2.24. The zero-order valence-electron chi connectivity index (χ0n) is 4.32. The monoisotopic (exact) mass is 121 g/mol. The molecule has 6 heavy (non-hydrogen) atoms. The van der Waals surface area contributed by atoms with Gasteiger partial charge in [0.05, 0.1) is 4.08 Å². The summed E-state index contributed by atoms with van der Waals surface area (Å²) in [5, 5.41) is 0. The number of thioether (sulfide) groups is 1. The van der Waals surface area contributed by atoms with E-state index in [4.69, 9.17) is 12.6 Å². The van der Waals surface area contributed by atoms with Gasteiger partial charge in [0.2, 0.25) is 0 Å². The largest absolute Gasteiger partial charge is 0.147 e. The molecule has 0 bridgehead atoms. The van der Waals surface area contributed by atoms with E-state index in [9.17, 15) is 0 Å². The zero-order valence-corrected chi connectivity index (χ0v) is 5.95. The minimum atomic E-state index is 0.0417. The van der Waals surface area contributed by atoms with Gasteiger partial charge in [-0.2, -0.15) is 0 Å². The first-order valence-corrected chi connectivity index (χ1v) is 3.45. The van der Waals surface area contributed by atoms with E-state index in [2.05, 4.69) is 0 Å². The molecule has 0 heterocycles. The average molecular weight is 121 g/mol.